The molecule has 0 fully saturated rings. The van der Waals surface area contributed by atoms with Crippen LogP contribution in [0, 0.1) is 6.92 Å². The Bertz CT molecular complexity index is 910. The minimum Gasteiger partial charge on any atom is -0.493 e. The second-order valence-electron chi connectivity index (χ2n) is 5.70. The first-order valence-corrected chi connectivity index (χ1v) is 8.38. The van der Waals surface area contributed by atoms with Gasteiger partial charge in [0.05, 0.1) is 14.2 Å². The lowest BCUT2D eigenvalue weighted by molar-refractivity contribution is 0.175. The van der Waals surface area contributed by atoms with Crippen molar-refractivity contribution in [3.8, 4) is 28.6 Å². The maximum atomic E-state index is 6.04. The molecule has 0 radical (unpaired) electrons. The lowest BCUT2D eigenvalue weighted by Gasteiger charge is -2.11. The number of ether oxygens (including phenoxy) is 3. The summed E-state index contributed by atoms with van der Waals surface area (Å²) < 4.78 is 21.8. The molecule has 7 heteroatoms. The average Bonchev–Trinajstić information content (AvgIpc) is 3.14. The standard InChI is InChI=1S/C19H19ClN2O4/c1-11-9-14(6-7-15(11)20)25-12(2)19-21-18(22-26-19)13-5-8-16(23-3)17(10-13)24-4/h5-10,12H,1-4H3. The zero-order chi connectivity index (χ0) is 18.7. The van der Waals surface area contributed by atoms with Crippen molar-refractivity contribution < 1.29 is 18.7 Å². The SMILES string of the molecule is COc1ccc(-c2noc(C(C)Oc3ccc(Cl)c(C)c3)n2)cc1OC. The molecule has 0 aliphatic rings. The van der Waals surface area contributed by atoms with E-state index in [0.29, 0.717) is 34.0 Å². The first-order valence-electron chi connectivity index (χ1n) is 8.00. The molecule has 136 valence electrons. The molecule has 6 nitrogen and oxygen atoms in total. The molecule has 26 heavy (non-hydrogen) atoms. The van der Waals surface area contributed by atoms with Crippen LogP contribution in [0.4, 0.5) is 0 Å². The van der Waals surface area contributed by atoms with Gasteiger partial charge in [0.25, 0.3) is 5.89 Å². The second-order valence-corrected chi connectivity index (χ2v) is 6.10. The van der Waals surface area contributed by atoms with Gasteiger partial charge < -0.3 is 18.7 Å². The molecule has 0 saturated carbocycles. The lowest BCUT2D eigenvalue weighted by atomic mass is 10.2. The molecule has 3 aromatic rings. The predicted octanol–water partition coefficient (Wildman–Crippen LogP) is 4.86. The van der Waals surface area contributed by atoms with E-state index in [1.54, 1.807) is 38.5 Å². The van der Waals surface area contributed by atoms with Crippen LogP contribution in [0.15, 0.2) is 40.9 Å². The highest BCUT2D eigenvalue weighted by atomic mass is 35.5. The van der Waals surface area contributed by atoms with E-state index in [9.17, 15) is 0 Å². The molecule has 0 N–H and O–H groups in total. The van der Waals surface area contributed by atoms with Crippen molar-refractivity contribution >= 4 is 11.6 Å². The molecule has 1 heterocycles. The summed E-state index contributed by atoms with van der Waals surface area (Å²) in [7, 11) is 3.16. The minimum atomic E-state index is -0.406. The number of benzene rings is 2. The van der Waals surface area contributed by atoms with Crippen molar-refractivity contribution in [2.45, 2.75) is 20.0 Å². The lowest BCUT2D eigenvalue weighted by Crippen LogP contribution is -2.03. The second kappa shape index (κ2) is 7.66. The van der Waals surface area contributed by atoms with Gasteiger partial charge in [0.1, 0.15) is 5.75 Å². The van der Waals surface area contributed by atoms with E-state index in [1.165, 1.54) is 0 Å². The Morgan fingerprint density at radius 2 is 1.81 bits per heavy atom. The number of hydrogen-bond acceptors (Lipinski definition) is 6. The zero-order valence-electron chi connectivity index (χ0n) is 14.9. The van der Waals surface area contributed by atoms with Crippen molar-refractivity contribution in [1.82, 2.24) is 10.1 Å². The van der Waals surface area contributed by atoms with Crippen molar-refractivity contribution in [2.24, 2.45) is 0 Å². The molecule has 0 bridgehead atoms. The third kappa shape index (κ3) is 3.75. The van der Waals surface area contributed by atoms with E-state index in [4.69, 9.17) is 30.3 Å². The highest BCUT2D eigenvalue weighted by Gasteiger charge is 2.18. The molecule has 0 aliphatic carbocycles. The Labute approximate surface area is 156 Å². The molecule has 1 aromatic heterocycles. The molecular formula is C19H19ClN2O4. The van der Waals surface area contributed by atoms with Crippen molar-refractivity contribution in [2.75, 3.05) is 14.2 Å². The normalized spacial score (nSPS) is 11.9. The van der Waals surface area contributed by atoms with Crippen LogP contribution in [-0.4, -0.2) is 24.4 Å². The highest BCUT2D eigenvalue weighted by Crippen LogP contribution is 2.32. The van der Waals surface area contributed by atoms with Crippen LogP contribution in [0.1, 0.15) is 24.5 Å². The maximum Gasteiger partial charge on any atom is 0.267 e. The Morgan fingerprint density at radius 1 is 1.04 bits per heavy atom. The van der Waals surface area contributed by atoms with Crippen LogP contribution in [0.2, 0.25) is 5.02 Å². The van der Waals surface area contributed by atoms with Crippen molar-refractivity contribution in [1.29, 1.82) is 0 Å². The smallest absolute Gasteiger partial charge is 0.267 e. The van der Waals surface area contributed by atoms with E-state index in [1.807, 2.05) is 26.0 Å². The maximum absolute atomic E-state index is 6.04. The van der Waals surface area contributed by atoms with Gasteiger partial charge in [0.15, 0.2) is 17.6 Å². The summed E-state index contributed by atoms with van der Waals surface area (Å²) in [5, 5.41) is 4.72. The molecular weight excluding hydrogens is 356 g/mol. The molecule has 1 unspecified atom stereocenters. The highest BCUT2D eigenvalue weighted by molar-refractivity contribution is 6.31. The summed E-state index contributed by atoms with van der Waals surface area (Å²) >= 11 is 6.04. The Morgan fingerprint density at radius 3 is 2.50 bits per heavy atom. The number of aryl methyl sites for hydroxylation is 1. The molecule has 1 atom stereocenters. The number of hydrogen-bond donors (Lipinski definition) is 0. The van der Waals surface area contributed by atoms with Gasteiger partial charge in [-0.1, -0.05) is 16.8 Å². The average molecular weight is 375 g/mol. The summed E-state index contributed by atoms with van der Waals surface area (Å²) in [6, 6.07) is 10.9. The van der Waals surface area contributed by atoms with Crippen LogP contribution in [-0.2, 0) is 0 Å². The molecule has 0 spiro atoms. The number of nitrogens with zero attached hydrogens (tertiary/aromatic N) is 2. The van der Waals surface area contributed by atoms with E-state index in [2.05, 4.69) is 10.1 Å². The summed E-state index contributed by atoms with van der Waals surface area (Å²) in [5.74, 6) is 2.74. The third-order valence-electron chi connectivity index (χ3n) is 3.87. The quantitative estimate of drug-likeness (QED) is 0.614. The minimum absolute atomic E-state index is 0.377. The number of aromatic nitrogens is 2. The number of methoxy groups -OCH3 is 2. The summed E-state index contributed by atoms with van der Waals surface area (Å²) in [6.45, 7) is 3.76. The first-order chi connectivity index (χ1) is 12.5. The van der Waals surface area contributed by atoms with E-state index in [-0.39, 0.29) is 0 Å². The monoisotopic (exact) mass is 374 g/mol. The van der Waals surface area contributed by atoms with Crippen LogP contribution in [0.5, 0.6) is 17.2 Å². The molecule has 0 amide bonds. The fraction of sp³-hybridized carbons (Fsp3) is 0.263. The van der Waals surface area contributed by atoms with Gasteiger partial charge in [-0.05, 0) is 55.8 Å². The Balaban J connectivity index is 1.79. The third-order valence-corrected chi connectivity index (χ3v) is 4.30. The van der Waals surface area contributed by atoms with E-state index >= 15 is 0 Å². The fourth-order valence-electron chi connectivity index (χ4n) is 2.44. The van der Waals surface area contributed by atoms with Gasteiger partial charge >= 0.3 is 0 Å². The topological polar surface area (TPSA) is 66.6 Å². The van der Waals surface area contributed by atoms with E-state index < -0.39 is 6.10 Å². The summed E-state index contributed by atoms with van der Waals surface area (Å²) in [4.78, 5) is 4.42. The summed E-state index contributed by atoms with van der Waals surface area (Å²) in [5.41, 5.74) is 1.69. The molecule has 3 rings (SSSR count). The zero-order valence-corrected chi connectivity index (χ0v) is 15.7. The van der Waals surface area contributed by atoms with Gasteiger partial charge in [-0.2, -0.15) is 4.98 Å². The van der Waals surface area contributed by atoms with Crippen LogP contribution >= 0.6 is 11.6 Å². The Kier molecular flexibility index (Phi) is 5.32. The number of rotatable bonds is 6. The van der Waals surface area contributed by atoms with Gasteiger partial charge in [-0.3, -0.25) is 0 Å². The fourth-order valence-corrected chi connectivity index (χ4v) is 2.56. The van der Waals surface area contributed by atoms with Gasteiger partial charge in [0, 0.05) is 10.6 Å². The molecule has 2 aromatic carbocycles. The van der Waals surface area contributed by atoms with Crippen molar-refractivity contribution in [3.63, 3.8) is 0 Å². The van der Waals surface area contributed by atoms with Crippen molar-refractivity contribution in [3.05, 3.63) is 52.9 Å². The molecule has 0 saturated heterocycles. The van der Waals surface area contributed by atoms with Crippen LogP contribution in [0.25, 0.3) is 11.4 Å². The van der Waals surface area contributed by atoms with Crippen LogP contribution < -0.4 is 14.2 Å². The summed E-state index contributed by atoms with van der Waals surface area (Å²) in [6.07, 6.45) is -0.406. The molecule has 0 aliphatic heterocycles. The van der Waals surface area contributed by atoms with E-state index in [0.717, 1.165) is 11.1 Å². The van der Waals surface area contributed by atoms with Crippen LogP contribution in [0.3, 0.4) is 0 Å². The van der Waals surface area contributed by atoms with Gasteiger partial charge in [-0.25, -0.2) is 0 Å². The largest absolute Gasteiger partial charge is 0.493 e. The van der Waals surface area contributed by atoms with Gasteiger partial charge in [-0.15, -0.1) is 0 Å². The van der Waals surface area contributed by atoms with Gasteiger partial charge in [0.2, 0.25) is 5.82 Å². The Hall–Kier alpha value is -2.73. The predicted molar refractivity (Wildman–Crippen MR) is 98.1 cm³/mol. The number of halogens is 1. The first kappa shape index (κ1) is 18.1.